The summed E-state index contributed by atoms with van der Waals surface area (Å²) in [5.41, 5.74) is 4.50. The van der Waals surface area contributed by atoms with E-state index in [4.69, 9.17) is 27.9 Å². The minimum atomic E-state index is 0.466. The van der Waals surface area contributed by atoms with Gasteiger partial charge in [-0.3, -0.25) is 0 Å². The van der Waals surface area contributed by atoms with Gasteiger partial charge in [0.05, 0.1) is 5.02 Å². The fourth-order valence-corrected chi connectivity index (χ4v) is 3.27. The fraction of sp³-hybridized carbons (Fsp3) is 0.182. The molecule has 0 aliphatic rings. The van der Waals surface area contributed by atoms with Crippen LogP contribution in [0.25, 0.3) is 0 Å². The predicted molar refractivity (Wildman–Crippen MR) is 109 cm³/mol. The van der Waals surface area contributed by atoms with Crippen molar-refractivity contribution in [2.75, 3.05) is 0 Å². The van der Waals surface area contributed by atoms with Gasteiger partial charge in [-0.15, -0.1) is 0 Å². The second kappa shape index (κ2) is 9.09. The third-order valence-electron chi connectivity index (χ3n) is 4.08. The van der Waals surface area contributed by atoms with Crippen LogP contribution in [0, 0.1) is 6.92 Å². The Hall–Kier alpha value is -2.00. The molecule has 134 valence electrons. The highest BCUT2D eigenvalue weighted by atomic mass is 35.5. The number of halogens is 2. The zero-order valence-electron chi connectivity index (χ0n) is 14.6. The molecule has 0 saturated carbocycles. The Balaban J connectivity index is 1.68. The number of nitrogens with one attached hydrogen (secondary N) is 1. The van der Waals surface area contributed by atoms with Crippen molar-refractivity contribution in [1.82, 2.24) is 5.32 Å². The van der Waals surface area contributed by atoms with Crippen LogP contribution in [0.1, 0.15) is 22.3 Å². The molecule has 4 heteroatoms. The first-order valence-electron chi connectivity index (χ1n) is 8.53. The lowest BCUT2D eigenvalue weighted by molar-refractivity contribution is 0.302. The summed E-state index contributed by atoms with van der Waals surface area (Å²) in [6.07, 6.45) is 0. The number of hydrogen-bond acceptors (Lipinski definition) is 2. The number of ether oxygens (including phenoxy) is 1. The molecule has 0 bridgehead atoms. The molecule has 3 aromatic rings. The zero-order valence-corrected chi connectivity index (χ0v) is 16.1. The minimum absolute atomic E-state index is 0.466. The summed E-state index contributed by atoms with van der Waals surface area (Å²) in [5, 5.41) is 4.56. The standard InChI is InChI=1S/C22H21Cl2NO/c1-16-7-9-18(10-8-16)15-26-22-19(11-20(23)12-21(22)24)14-25-13-17-5-3-2-4-6-17/h2-12,25H,13-15H2,1H3. The monoisotopic (exact) mass is 385 g/mol. The van der Waals surface area contributed by atoms with Crippen LogP contribution >= 0.6 is 23.2 Å². The highest BCUT2D eigenvalue weighted by Gasteiger charge is 2.11. The van der Waals surface area contributed by atoms with Gasteiger partial charge in [0.25, 0.3) is 0 Å². The highest BCUT2D eigenvalue weighted by Crippen LogP contribution is 2.33. The summed E-state index contributed by atoms with van der Waals surface area (Å²) in [7, 11) is 0. The third-order valence-corrected chi connectivity index (χ3v) is 4.58. The lowest BCUT2D eigenvalue weighted by Gasteiger charge is -2.15. The third kappa shape index (κ3) is 5.25. The lowest BCUT2D eigenvalue weighted by atomic mass is 10.1. The summed E-state index contributed by atoms with van der Waals surface area (Å²) in [4.78, 5) is 0. The molecule has 0 atom stereocenters. The lowest BCUT2D eigenvalue weighted by Crippen LogP contribution is -2.14. The number of rotatable bonds is 7. The van der Waals surface area contributed by atoms with E-state index in [1.807, 2.05) is 24.3 Å². The van der Waals surface area contributed by atoms with Crippen molar-refractivity contribution in [1.29, 1.82) is 0 Å². The molecule has 3 rings (SSSR count). The van der Waals surface area contributed by atoms with Crippen LogP contribution in [0.2, 0.25) is 10.0 Å². The van der Waals surface area contributed by atoms with Crippen molar-refractivity contribution >= 4 is 23.2 Å². The van der Waals surface area contributed by atoms with E-state index in [0.717, 1.165) is 17.7 Å². The molecule has 0 aliphatic carbocycles. The van der Waals surface area contributed by atoms with Gasteiger partial charge in [-0.1, -0.05) is 83.4 Å². The maximum absolute atomic E-state index is 6.38. The highest BCUT2D eigenvalue weighted by molar-refractivity contribution is 6.35. The van der Waals surface area contributed by atoms with E-state index in [0.29, 0.717) is 28.9 Å². The van der Waals surface area contributed by atoms with Crippen LogP contribution in [0.4, 0.5) is 0 Å². The van der Waals surface area contributed by atoms with E-state index < -0.39 is 0 Å². The second-order valence-electron chi connectivity index (χ2n) is 6.24. The van der Waals surface area contributed by atoms with Gasteiger partial charge in [0.15, 0.2) is 0 Å². The molecule has 3 aromatic carbocycles. The van der Waals surface area contributed by atoms with Crippen molar-refractivity contribution < 1.29 is 4.74 Å². The van der Waals surface area contributed by atoms with Gasteiger partial charge in [-0.05, 0) is 30.2 Å². The average molecular weight is 386 g/mol. The Kier molecular flexibility index (Phi) is 6.56. The Morgan fingerprint density at radius 1 is 0.846 bits per heavy atom. The van der Waals surface area contributed by atoms with Gasteiger partial charge < -0.3 is 10.1 Å². The normalized spacial score (nSPS) is 10.7. The molecule has 0 aliphatic heterocycles. The smallest absolute Gasteiger partial charge is 0.142 e. The predicted octanol–water partition coefficient (Wildman–Crippen LogP) is 6.17. The quantitative estimate of drug-likeness (QED) is 0.524. The second-order valence-corrected chi connectivity index (χ2v) is 7.08. The van der Waals surface area contributed by atoms with Gasteiger partial charge in [0, 0.05) is 23.7 Å². The number of benzene rings is 3. The largest absolute Gasteiger partial charge is 0.487 e. The first-order valence-corrected chi connectivity index (χ1v) is 9.28. The molecule has 0 heterocycles. The summed E-state index contributed by atoms with van der Waals surface area (Å²) in [5.74, 6) is 0.678. The summed E-state index contributed by atoms with van der Waals surface area (Å²) in [6, 6.07) is 22.1. The Morgan fingerprint density at radius 2 is 1.58 bits per heavy atom. The molecule has 2 nitrogen and oxygen atoms in total. The molecule has 1 N–H and O–H groups in total. The molecule has 0 aromatic heterocycles. The van der Waals surface area contributed by atoms with Crippen LogP contribution in [0.3, 0.4) is 0 Å². The SMILES string of the molecule is Cc1ccc(COc2c(Cl)cc(Cl)cc2CNCc2ccccc2)cc1. The Morgan fingerprint density at radius 3 is 2.31 bits per heavy atom. The summed E-state index contributed by atoms with van der Waals surface area (Å²) >= 11 is 12.6. The van der Waals surface area contributed by atoms with Crippen molar-refractivity contribution in [2.45, 2.75) is 26.6 Å². The number of hydrogen-bond donors (Lipinski definition) is 1. The van der Waals surface area contributed by atoms with Crippen molar-refractivity contribution in [3.05, 3.63) is 99.0 Å². The topological polar surface area (TPSA) is 21.3 Å². The first kappa shape index (κ1) is 18.8. The van der Waals surface area contributed by atoms with E-state index in [-0.39, 0.29) is 0 Å². The van der Waals surface area contributed by atoms with Crippen LogP contribution in [0.15, 0.2) is 66.7 Å². The van der Waals surface area contributed by atoms with Gasteiger partial charge >= 0.3 is 0 Å². The minimum Gasteiger partial charge on any atom is -0.487 e. The van der Waals surface area contributed by atoms with Gasteiger partial charge in [0.1, 0.15) is 12.4 Å². The van der Waals surface area contributed by atoms with Crippen LogP contribution in [-0.4, -0.2) is 0 Å². The number of aryl methyl sites for hydroxylation is 1. The van der Waals surface area contributed by atoms with Crippen LogP contribution < -0.4 is 10.1 Å². The molecule has 0 unspecified atom stereocenters. The maximum atomic E-state index is 6.38. The van der Waals surface area contributed by atoms with E-state index in [2.05, 4.69) is 48.6 Å². The fourth-order valence-electron chi connectivity index (χ4n) is 2.68. The summed E-state index contributed by atoms with van der Waals surface area (Å²) < 4.78 is 6.02. The average Bonchev–Trinajstić information content (AvgIpc) is 2.63. The van der Waals surface area contributed by atoms with Gasteiger partial charge in [-0.25, -0.2) is 0 Å². The molecule has 0 spiro atoms. The zero-order chi connectivity index (χ0) is 18.4. The first-order chi connectivity index (χ1) is 12.6. The molecule has 0 radical (unpaired) electrons. The van der Waals surface area contributed by atoms with Gasteiger partial charge in [0.2, 0.25) is 0 Å². The van der Waals surface area contributed by atoms with Crippen molar-refractivity contribution in [3.63, 3.8) is 0 Å². The van der Waals surface area contributed by atoms with Crippen LogP contribution in [-0.2, 0) is 19.7 Å². The van der Waals surface area contributed by atoms with E-state index >= 15 is 0 Å². The van der Waals surface area contributed by atoms with Crippen LogP contribution in [0.5, 0.6) is 5.75 Å². The van der Waals surface area contributed by atoms with Crippen molar-refractivity contribution in [3.8, 4) is 5.75 Å². The maximum Gasteiger partial charge on any atom is 0.142 e. The van der Waals surface area contributed by atoms with E-state index in [9.17, 15) is 0 Å². The molecular formula is C22H21Cl2NO. The Bertz CT molecular complexity index is 848. The molecule has 0 amide bonds. The van der Waals surface area contributed by atoms with Gasteiger partial charge in [-0.2, -0.15) is 0 Å². The molecule has 0 saturated heterocycles. The molecular weight excluding hydrogens is 365 g/mol. The summed E-state index contributed by atoms with van der Waals surface area (Å²) in [6.45, 7) is 3.92. The molecule has 26 heavy (non-hydrogen) atoms. The van der Waals surface area contributed by atoms with E-state index in [1.54, 1.807) is 6.07 Å². The van der Waals surface area contributed by atoms with Crippen molar-refractivity contribution in [2.24, 2.45) is 0 Å². The Labute approximate surface area is 164 Å². The molecule has 0 fully saturated rings. The van der Waals surface area contributed by atoms with E-state index in [1.165, 1.54) is 11.1 Å².